The number of aryl methyl sites for hydroxylation is 1. The van der Waals surface area contributed by atoms with Crippen LogP contribution in [0.25, 0.3) is 0 Å². The zero-order valence-corrected chi connectivity index (χ0v) is 11.4. The van der Waals surface area contributed by atoms with Crippen LogP contribution in [-0.2, 0) is 6.42 Å². The van der Waals surface area contributed by atoms with Gasteiger partial charge in [-0.15, -0.1) is 0 Å². The second kappa shape index (κ2) is 4.48. The zero-order chi connectivity index (χ0) is 13.5. The largest absolute Gasteiger partial charge is 0.325 e. The van der Waals surface area contributed by atoms with Crippen LogP contribution in [-0.4, -0.2) is 15.3 Å². The van der Waals surface area contributed by atoms with Crippen molar-refractivity contribution in [3.63, 3.8) is 0 Å². The number of hydrogen-bond donors (Lipinski definition) is 0. The van der Waals surface area contributed by atoms with Crippen molar-refractivity contribution in [3.05, 3.63) is 17.7 Å². The number of carbonyl (C=O) groups excluding carboxylic acids is 1. The van der Waals surface area contributed by atoms with Crippen molar-refractivity contribution in [2.45, 2.75) is 57.9 Å². The van der Waals surface area contributed by atoms with Crippen molar-refractivity contribution in [3.8, 4) is 6.07 Å². The van der Waals surface area contributed by atoms with E-state index in [1.807, 2.05) is 13.3 Å². The number of Topliss-reactive ketones (excluding diaryl/α,β-unsaturated/α-hetero) is 1. The molecule has 1 aromatic heterocycles. The van der Waals surface area contributed by atoms with Gasteiger partial charge in [0.25, 0.3) is 0 Å². The van der Waals surface area contributed by atoms with E-state index in [9.17, 15) is 10.1 Å². The van der Waals surface area contributed by atoms with Gasteiger partial charge in [-0.3, -0.25) is 4.79 Å². The number of hydrogen-bond acceptors (Lipinski definition) is 3. The molecule has 0 aliphatic heterocycles. The Morgan fingerprint density at radius 2 is 2.16 bits per heavy atom. The summed E-state index contributed by atoms with van der Waals surface area (Å²) >= 11 is 0. The summed E-state index contributed by atoms with van der Waals surface area (Å²) in [7, 11) is 0. The number of fused-ring (bicyclic) bond motifs is 1. The van der Waals surface area contributed by atoms with Gasteiger partial charge in [-0.2, -0.15) is 5.26 Å². The van der Waals surface area contributed by atoms with Gasteiger partial charge in [0.1, 0.15) is 5.69 Å². The highest BCUT2D eigenvalue weighted by Crippen LogP contribution is 2.41. The number of rotatable bonds is 1. The molecule has 100 valence electrons. The van der Waals surface area contributed by atoms with Gasteiger partial charge in [-0.05, 0) is 45.4 Å². The molecule has 2 aliphatic rings. The Balaban J connectivity index is 1.84. The molecule has 0 aromatic carbocycles. The molecule has 19 heavy (non-hydrogen) atoms. The van der Waals surface area contributed by atoms with Gasteiger partial charge in [0.15, 0.2) is 5.78 Å². The normalized spacial score (nSPS) is 30.7. The lowest BCUT2D eigenvalue weighted by molar-refractivity contribution is 0.0957. The first-order valence-corrected chi connectivity index (χ1v) is 7.13. The maximum Gasteiger partial charge on any atom is 0.181 e. The van der Waals surface area contributed by atoms with Crippen molar-refractivity contribution in [2.75, 3.05) is 0 Å². The van der Waals surface area contributed by atoms with Crippen LogP contribution < -0.4 is 0 Å². The predicted octanol–water partition coefficient (Wildman–Crippen LogP) is 3.05. The van der Waals surface area contributed by atoms with Crippen LogP contribution in [0.3, 0.4) is 0 Å². The predicted molar refractivity (Wildman–Crippen MR) is 70.7 cm³/mol. The number of ketones is 1. The Labute approximate surface area is 113 Å². The molecule has 1 saturated carbocycles. The molecule has 1 fully saturated rings. The minimum Gasteiger partial charge on any atom is -0.325 e. The quantitative estimate of drug-likeness (QED) is 0.777. The van der Waals surface area contributed by atoms with Crippen molar-refractivity contribution >= 4 is 5.78 Å². The van der Waals surface area contributed by atoms with Crippen molar-refractivity contribution in [2.24, 2.45) is 5.41 Å². The van der Waals surface area contributed by atoms with Crippen LogP contribution in [0.5, 0.6) is 0 Å². The first kappa shape index (κ1) is 12.4. The first-order chi connectivity index (χ1) is 9.13. The van der Waals surface area contributed by atoms with Crippen LogP contribution in [0.4, 0.5) is 0 Å². The molecule has 0 radical (unpaired) electrons. The number of carbonyl (C=O) groups is 1. The minimum absolute atomic E-state index is 0.179. The van der Waals surface area contributed by atoms with Gasteiger partial charge in [0.2, 0.25) is 0 Å². The molecule has 3 rings (SSSR count). The summed E-state index contributed by atoms with van der Waals surface area (Å²) in [5.41, 5.74) is 1.64. The van der Waals surface area contributed by atoms with E-state index in [0.29, 0.717) is 12.5 Å². The lowest BCUT2D eigenvalue weighted by atomic mass is 9.75. The van der Waals surface area contributed by atoms with Crippen molar-refractivity contribution in [1.29, 1.82) is 5.26 Å². The molecule has 1 aromatic rings. The van der Waals surface area contributed by atoms with Gasteiger partial charge in [-0.25, -0.2) is 4.98 Å². The molecule has 0 amide bonds. The monoisotopic (exact) mass is 257 g/mol. The van der Waals surface area contributed by atoms with E-state index in [1.54, 1.807) is 0 Å². The smallest absolute Gasteiger partial charge is 0.181 e. The Morgan fingerprint density at radius 3 is 2.84 bits per heavy atom. The average molecular weight is 257 g/mol. The van der Waals surface area contributed by atoms with E-state index in [-0.39, 0.29) is 11.2 Å². The fraction of sp³-hybridized carbons (Fsp3) is 0.667. The standard InChI is InChI=1S/C15H19N3O/c1-15(9-16)7-5-11(6-8-15)18-10-17-12-3-2-4-13(19)14(12)18/h10-11H,2-8H2,1H3. The van der Waals surface area contributed by atoms with Gasteiger partial charge in [0, 0.05) is 12.5 Å². The minimum atomic E-state index is -0.179. The molecule has 2 aliphatic carbocycles. The van der Waals surface area contributed by atoms with Gasteiger partial charge >= 0.3 is 0 Å². The van der Waals surface area contributed by atoms with E-state index in [0.717, 1.165) is 49.9 Å². The summed E-state index contributed by atoms with van der Waals surface area (Å²) in [6, 6.07) is 2.77. The number of nitriles is 1. The lowest BCUT2D eigenvalue weighted by Crippen LogP contribution is -2.26. The Kier molecular flexibility index (Phi) is 2.93. The molecule has 4 heteroatoms. The highest BCUT2D eigenvalue weighted by molar-refractivity contribution is 5.96. The molecule has 0 saturated heterocycles. The SMILES string of the molecule is CC1(C#N)CCC(n2cnc3c2C(=O)CCC3)CC1. The summed E-state index contributed by atoms with van der Waals surface area (Å²) < 4.78 is 2.09. The summed E-state index contributed by atoms with van der Waals surface area (Å²) in [6.45, 7) is 2.04. The highest BCUT2D eigenvalue weighted by Gasteiger charge is 2.34. The van der Waals surface area contributed by atoms with Crippen LogP contribution >= 0.6 is 0 Å². The molecule has 0 spiro atoms. The van der Waals surface area contributed by atoms with E-state index in [2.05, 4.69) is 15.6 Å². The second-order valence-corrected chi connectivity index (χ2v) is 6.13. The molecule has 0 bridgehead atoms. The lowest BCUT2D eigenvalue weighted by Gasteiger charge is -2.33. The highest BCUT2D eigenvalue weighted by atomic mass is 16.1. The summed E-state index contributed by atoms with van der Waals surface area (Å²) in [5.74, 6) is 0.243. The third-order valence-electron chi connectivity index (χ3n) is 4.67. The topological polar surface area (TPSA) is 58.7 Å². The number of imidazole rings is 1. The van der Waals surface area contributed by atoms with Crippen molar-refractivity contribution in [1.82, 2.24) is 9.55 Å². The molecular weight excluding hydrogens is 238 g/mol. The molecule has 4 nitrogen and oxygen atoms in total. The van der Waals surface area contributed by atoms with E-state index in [1.165, 1.54) is 0 Å². The molecule has 1 heterocycles. The average Bonchev–Trinajstić information content (AvgIpc) is 2.85. The molecule has 0 unspecified atom stereocenters. The third kappa shape index (κ3) is 2.07. The van der Waals surface area contributed by atoms with Gasteiger partial charge in [0.05, 0.1) is 23.5 Å². The Hall–Kier alpha value is -1.63. The summed E-state index contributed by atoms with van der Waals surface area (Å²) in [4.78, 5) is 16.5. The number of aromatic nitrogens is 2. The van der Waals surface area contributed by atoms with Crippen LogP contribution in [0.2, 0.25) is 0 Å². The zero-order valence-electron chi connectivity index (χ0n) is 11.4. The van der Waals surface area contributed by atoms with Gasteiger partial charge in [-0.1, -0.05) is 0 Å². The van der Waals surface area contributed by atoms with Crippen LogP contribution in [0, 0.1) is 16.7 Å². The Morgan fingerprint density at radius 1 is 1.42 bits per heavy atom. The van der Waals surface area contributed by atoms with E-state index >= 15 is 0 Å². The third-order valence-corrected chi connectivity index (χ3v) is 4.67. The van der Waals surface area contributed by atoms with Crippen LogP contribution in [0.1, 0.15) is 67.7 Å². The maximum absolute atomic E-state index is 12.1. The fourth-order valence-corrected chi connectivity index (χ4v) is 3.33. The maximum atomic E-state index is 12.1. The fourth-order valence-electron chi connectivity index (χ4n) is 3.33. The molecule has 0 N–H and O–H groups in total. The van der Waals surface area contributed by atoms with Crippen LogP contribution in [0.15, 0.2) is 6.33 Å². The van der Waals surface area contributed by atoms with E-state index in [4.69, 9.17) is 0 Å². The molecule has 0 atom stereocenters. The van der Waals surface area contributed by atoms with Gasteiger partial charge < -0.3 is 4.57 Å². The Bertz CT molecular complexity index is 544. The van der Waals surface area contributed by atoms with Crippen molar-refractivity contribution < 1.29 is 4.79 Å². The first-order valence-electron chi connectivity index (χ1n) is 7.13. The molecular formula is C15H19N3O. The summed E-state index contributed by atoms with van der Waals surface area (Å²) in [6.07, 6.45) is 8.12. The second-order valence-electron chi connectivity index (χ2n) is 6.13. The van der Waals surface area contributed by atoms with E-state index < -0.39 is 0 Å². The summed E-state index contributed by atoms with van der Waals surface area (Å²) in [5, 5.41) is 9.18. The number of nitrogens with zero attached hydrogens (tertiary/aromatic N) is 3.